The van der Waals surface area contributed by atoms with Gasteiger partial charge in [-0.2, -0.15) is 0 Å². The summed E-state index contributed by atoms with van der Waals surface area (Å²) in [4.78, 5) is 28.6. The molecule has 0 radical (unpaired) electrons. The van der Waals surface area contributed by atoms with Crippen LogP contribution in [0.1, 0.15) is 82.7 Å². The fraction of sp³-hybridized carbons (Fsp3) is 0.353. The van der Waals surface area contributed by atoms with E-state index in [1.54, 1.807) is 18.2 Å². The smallest absolute Gasteiger partial charge is 0.300 e. The highest BCUT2D eigenvalue weighted by atomic mass is 16.5. The van der Waals surface area contributed by atoms with Crippen molar-refractivity contribution in [1.82, 2.24) is 0 Å². The van der Waals surface area contributed by atoms with E-state index in [-0.39, 0.29) is 16.7 Å². The molecule has 1 atom stereocenters. The molecule has 1 N–H and O–H groups in total. The van der Waals surface area contributed by atoms with E-state index >= 15 is 0 Å². The molecule has 1 saturated heterocycles. The van der Waals surface area contributed by atoms with Crippen molar-refractivity contribution in [1.29, 1.82) is 0 Å². The van der Waals surface area contributed by atoms with Gasteiger partial charge in [-0.15, -0.1) is 0 Å². The number of hydrogen-bond donors (Lipinski definition) is 1. The molecule has 3 aromatic rings. The highest BCUT2D eigenvalue weighted by Gasteiger charge is 2.47. The number of benzene rings is 3. The standard InChI is InChI=1S/C34H39NO4/c1-21(2)20-39-28-10-8-9-25(19-28)31(36)29-30(24-11-15-26(16-12-24)34(5,6)7)35(33(38)32(29)37)27-17-13-23(14-18-27)22(3)4/h8-19,21-22,30,36H,20H2,1-7H3/b31-29-. The first-order valence-electron chi connectivity index (χ1n) is 13.6. The van der Waals surface area contributed by atoms with E-state index in [1.807, 2.05) is 54.6 Å². The molecule has 1 unspecified atom stereocenters. The minimum atomic E-state index is -0.774. The second kappa shape index (κ2) is 11.1. The van der Waals surface area contributed by atoms with Gasteiger partial charge in [-0.25, -0.2) is 0 Å². The third-order valence-corrected chi connectivity index (χ3v) is 7.07. The number of hydrogen-bond acceptors (Lipinski definition) is 4. The fourth-order valence-electron chi connectivity index (χ4n) is 4.75. The summed E-state index contributed by atoms with van der Waals surface area (Å²) >= 11 is 0. The minimum Gasteiger partial charge on any atom is -0.507 e. The van der Waals surface area contributed by atoms with Crippen molar-refractivity contribution >= 4 is 23.1 Å². The van der Waals surface area contributed by atoms with Gasteiger partial charge in [-0.3, -0.25) is 14.5 Å². The Morgan fingerprint density at radius 3 is 2.13 bits per heavy atom. The number of nitrogens with zero attached hydrogens (tertiary/aromatic N) is 1. The van der Waals surface area contributed by atoms with Crippen LogP contribution in [0.25, 0.3) is 5.76 Å². The molecule has 0 aromatic heterocycles. The van der Waals surface area contributed by atoms with Gasteiger partial charge in [0.1, 0.15) is 11.5 Å². The highest BCUT2D eigenvalue weighted by molar-refractivity contribution is 6.51. The zero-order valence-corrected chi connectivity index (χ0v) is 24.0. The Morgan fingerprint density at radius 1 is 0.923 bits per heavy atom. The molecule has 1 aliphatic heterocycles. The number of amides is 1. The number of ether oxygens (including phenoxy) is 1. The van der Waals surface area contributed by atoms with Gasteiger partial charge in [-0.1, -0.05) is 97.0 Å². The average Bonchev–Trinajstić information content (AvgIpc) is 3.17. The van der Waals surface area contributed by atoms with E-state index in [1.165, 1.54) is 4.90 Å². The molecule has 0 aliphatic carbocycles. The zero-order valence-electron chi connectivity index (χ0n) is 24.0. The van der Waals surface area contributed by atoms with Crippen LogP contribution in [0.2, 0.25) is 0 Å². The summed E-state index contributed by atoms with van der Waals surface area (Å²) in [6, 6.07) is 21.9. The van der Waals surface area contributed by atoms with Crippen molar-refractivity contribution in [3.05, 3.63) is 101 Å². The Kier molecular flexibility index (Phi) is 8.01. The van der Waals surface area contributed by atoms with Crippen molar-refractivity contribution < 1.29 is 19.4 Å². The van der Waals surface area contributed by atoms with Crippen LogP contribution >= 0.6 is 0 Å². The molecule has 3 aromatic carbocycles. The van der Waals surface area contributed by atoms with E-state index in [9.17, 15) is 14.7 Å². The molecule has 0 bridgehead atoms. The fourth-order valence-corrected chi connectivity index (χ4v) is 4.75. The van der Waals surface area contributed by atoms with Crippen LogP contribution in [0.15, 0.2) is 78.4 Å². The number of Topliss-reactive ketones (excluding diaryl/α,β-unsaturated/α-hetero) is 1. The summed E-state index contributed by atoms with van der Waals surface area (Å²) in [6.07, 6.45) is 0. The number of aliphatic hydroxyl groups is 1. The van der Waals surface area contributed by atoms with E-state index in [0.717, 1.165) is 16.7 Å². The van der Waals surface area contributed by atoms with Gasteiger partial charge in [0.05, 0.1) is 18.2 Å². The van der Waals surface area contributed by atoms with Gasteiger partial charge in [0, 0.05) is 11.3 Å². The van der Waals surface area contributed by atoms with E-state index in [4.69, 9.17) is 4.74 Å². The Hall–Kier alpha value is -3.86. The molecule has 1 heterocycles. The summed E-state index contributed by atoms with van der Waals surface area (Å²) < 4.78 is 5.85. The molecular weight excluding hydrogens is 486 g/mol. The lowest BCUT2D eigenvalue weighted by Crippen LogP contribution is -2.29. The predicted molar refractivity (Wildman–Crippen MR) is 157 cm³/mol. The van der Waals surface area contributed by atoms with Crippen LogP contribution in [-0.2, 0) is 15.0 Å². The summed E-state index contributed by atoms with van der Waals surface area (Å²) in [5.41, 5.74) is 4.09. The topological polar surface area (TPSA) is 66.8 Å². The second-order valence-electron chi connectivity index (χ2n) is 12.0. The molecule has 0 saturated carbocycles. The maximum atomic E-state index is 13.5. The van der Waals surface area contributed by atoms with Crippen molar-refractivity contribution in [3.63, 3.8) is 0 Å². The van der Waals surface area contributed by atoms with Crippen LogP contribution in [0.5, 0.6) is 5.75 Å². The summed E-state index contributed by atoms with van der Waals surface area (Å²) in [7, 11) is 0. The van der Waals surface area contributed by atoms with E-state index < -0.39 is 17.7 Å². The second-order valence-corrected chi connectivity index (χ2v) is 12.0. The van der Waals surface area contributed by atoms with Gasteiger partial charge in [-0.05, 0) is 58.2 Å². The van der Waals surface area contributed by atoms with Gasteiger partial charge in [0.15, 0.2) is 0 Å². The van der Waals surface area contributed by atoms with Crippen molar-refractivity contribution in [2.75, 3.05) is 11.5 Å². The van der Waals surface area contributed by atoms with Crippen molar-refractivity contribution in [2.24, 2.45) is 5.92 Å². The Bertz CT molecular complexity index is 1380. The Labute approximate surface area is 232 Å². The molecule has 1 fully saturated rings. The lowest BCUT2D eigenvalue weighted by atomic mass is 9.85. The first-order valence-corrected chi connectivity index (χ1v) is 13.6. The largest absolute Gasteiger partial charge is 0.507 e. The quantitative estimate of drug-likeness (QED) is 0.194. The third kappa shape index (κ3) is 5.93. The average molecular weight is 526 g/mol. The van der Waals surface area contributed by atoms with Gasteiger partial charge in [0.25, 0.3) is 11.7 Å². The minimum absolute atomic E-state index is 0.0521. The van der Waals surface area contributed by atoms with Gasteiger partial charge >= 0.3 is 0 Å². The zero-order chi connectivity index (χ0) is 28.5. The molecule has 39 heavy (non-hydrogen) atoms. The van der Waals surface area contributed by atoms with Crippen molar-refractivity contribution in [3.8, 4) is 5.75 Å². The molecule has 1 amide bonds. The summed E-state index contributed by atoms with van der Waals surface area (Å²) in [5.74, 6) is -0.317. The lowest BCUT2D eigenvalue weighted by Gasteiger charge is -2.27. The Balaban J connectivity index is 1.86. The summed E-state index contributed by atoms with van der Waals surface area (Å²) in [6.45, 7) is 15.3. The lowest BCUT2D eigenvalue weighted by molar-refractivity contribution is -0.132. The number of anilines is 1. The number of carbonyl (C=O) groups is 2. The van der Waals surface area contributed by atoms with Crippen LogP contribution in [0.4, 0.5) is 5.69 Å². The molecule has 4 rings (SSSR count). The summed E-state index contributed by atoms with van der Waals surface area (Å²) in [5, 5.41) is 11.5. The van der Waals surface area contributed by atoms with Gasteiger partial charge in [0.2, 0.25) is 0 Å². The number of ketones is 1. The first kappa shape index (κ1) is 28.2. The highest BCUT2D eigenvalue weighted by Crippen LogP contribution is 2.43. The first-order chi connectivity index (χ1) is 18.4. The van der Waals surface area contributed by atoms with E-state index in [2.05, 4.69) is 48.5 Å². The van der Waals surface area contributed by atoms with Crippen LogP contribution in [0.3, 0.4) is 0 Å². The third-order valence-electron chi connectivity index (χ3n) is 7.07. The molecule has 1 aliphatic rings. The maximum Gasteiger partial charge on any atom is 0.300 e. The maximum absolute atomic E-state index is 13.5. The Morgan fingerprint density at radius 2 is 1.56 bits per heavy atom. The normalized spacial score (nSPS) is 17.4. The van der Waals surface area contributed by atoms with Crippen LogP contribution in [0, 0.1) is 5.92 Å². The number of carbonyl (C=O) groups excluding carboxylic acids is 2. The molecular formula is C34H39NO4. The van der Waals surface area contributed by atoms with Crippen molar-refractivity contribution in [2.45, 2.75) is 65.8 Å². The van der Waals surface area contributed by atoms with Gasteiger partial charge < -0.3 is 9.84 Å². The van der Waals surface area contributed by atoms with Crippen LogP contribution < -0.4 is 9.64 Å². The number of aliphatic hydroxyl groups excluding tert-OH is 1. The predicted octanol–water partition coefficient (Wildman–Crippen LogP) is 7.77. The SMILES string of the molecule is CC(C)COc1cccc(/C(O)=C2/C(=O)C(=O)N(c3ccc(C(C)C)cc3)C2c2ccc(C(C)(C)C)cc2)c1. The molecule has 0 spiro atoms. The van der Waals surface area contributed by atoms with E-state index in [0.29, 0.717) is 35.4 Å². The monoisotopic (exact) mass is 525 g/mol. The molecule has 5 heteroatoms. The molecule has 5 nitrogen and oxygen atoms in total. The number of rotatable bonds is 7. The van der Waals surface area contributed by atoms with Crippen LogP contribution in [-0.4, -0.2) is 23.4 Å². The molecule has 204 valence electrons.